The molecule has 2 aromatic carbocycles. The first-order valence-corrected chi connectivity index (χ1v) is 9.72. The number of aryl methyl sites for hydroxylation is 1. The fourth-order valence-electron chi connectivity index (χ4n) is 2.82. The zero-order chi connectivity index (χ0) is 20.7. The number of nitrogens with zero attached hydrogens (tertiary/aromatic N) is 1. The van der Waals surface area contributed by atoms with E-state index in [2.05, 4.69) is 5.32 Å². The van der Waals surface area contributed by atoms with Crippen LogP contribution in [0.5, 0.6) is 5.75 Å². The fourth-order valence-corrected chi connectivity index (χ4v) is 3.01. The molecule has 2 rings (SSSR count). The molecule has 28 heavy (non-hydrogen) atoms. The molecule has 5 nitrogen and oxygen atoms in total. The van der Waals surface area contributed by atoms with Crippen LogP contribution in [0.3, 0.4) is 0 Å². The maximum Gasteiger partial charge on any atom is 0.261 e. The smallest absolute Gasteiger partial charge is 0.261 e. The van der Waals surface area contributed by atoms with Crippen LogP contribution in [0.1, 0.15) is 30.5 Å². The van der Waals surface area contributed by atoms with Crippen molar-refractivity contribution >= 4 is 23.4 Å². The Morgan fingerprint density at radius 2 is 1.86 bits per heavy atom. The summed E-state index contributed by atoms with van der Waals surface area (Å²) in [5, 5.41) is 3.32. The van der Waals surface area contributed by atoms with Gasteiger partial charge in [-0.3, -0.25) is 9.59 Å². The zero-order valence-corrected chi connectivity index (χ0v) is 17.5. The molecule has 0 heterocycles. The van der Waals surface area contributed by atoms with Crippen LogP contribution in [0.4, 0.5) is 0 Å². The molecule has 6 heteroatoms. The summed E-state index contributed by atoms with van der Waals surface area (Å²) in [5.41, 5.74) is 2.86. The van der Waals surface area contributed by atoms with Crippen molar-refractivity contribution in [2.45, 2.75) is 40.3 Å². The lowest BCUT2D eigenvalue weighted by Gasteiger charge is -2.29. The molecule has 2 amide bonds. The minimum atomic E-state index is -0.647. The predicted octanol–water partition coefficient (Wildman–Crippen LogP) is 3.89. The fraction of sp³-hybridized carbons (Fsp3) is 0.364. The molecule has 2 aromatic rings. The first-order valence-electron chi connectivity index (χ1n) is 9.34. The Morgan fingerprint density at radius 3 is 2.54 bits per heavy atom. The van der Waals surface area contributed by atoms with Crippen molar-refractivity contribution in [3.8, 4) is 5.75 Å². The van der Waals surface area contributed by atoms with E-state index < -0.39 is 6.04 Å². The molecule has 0 bridgehead atoms. The Balaban J connectivity index is 2.19. The van der Waals surface area contributed by atoms with E-state index in [9.17, 15) is 9.59 Å². The third-order valence-electron chi connectivity index (χ3n) is 4.72. The molecule has 0 unspecified atom stereocenters. The highest BCUT2D eigenvalue weighted by Gasteiger charge is 2.26. The van der Waals surface area contributed by atoms with Gasteiger partial charge in [-0.2, -0.15) is 0 Å². The minimum absolute atomic E-state index is 0.154. The Morgan fingerprint density at radius 1 is 1.14 bits per heavy atom. The Kier molecular flexibility index (Phi) is 7.88. The summed E-state index contributed by atoms with van der Waals surface area (Å²) < 4.78 is 5.76. The van der Waals surface area contributed by atoms with Gasteiger partial charge in [0.2, 0.25) is 5.91 Å². The van der Waals surface area contributed by atoms with Gasteiger partial charge in [0.25, 0.3) is 5.91 Å². The molecule has 0 aromatic heterocycles. The van der Waals surface area contributed by atoms with Crippen molar-refractivity contribution in [1.82, 2.24) is 10.2 Å². The van der Waals surface area contributed by atoms with Gasteiger partial charge in [0.1, 0.15) is 11.8 Å². The quantitative estimate of drug-likeness (QED) is 0.728. The number of ether oxygens (including phenoxy) is 1. The number of halogens is 1. The normalized spacial score (nSPS) is 11.6. The maximum absolute atomic E-state index is 13.0. The Bertz CT molecular complexity index is 838. The summed E-state index contributed by atoms with van der Waals surface area (Å²) in [4.78, 5) is 26.8. The second-order valence-corrected chi connectivity index (χ2v) is 7.08. The molecule has 150 valence electrons. The third kappa shape index (κ3) is 5.49. The van der Waals surface area contributed by atoms with Crippen LogP contribution in [0, 0.1) is 13.8 Å². The summed E-state index contributed by atoms with van der Waals surface area (Å²) in [6.07, 6.45) is 0. The van der Waals surface area contributed by atoms with E-state index in [1.165, 1.54) is 4.90 Å². The van der Waals surface area contributed by atoms with Crippen LogP contribution in [-0.4, -0.2) is 35.9 Å². The molecular weight excluding hydrogens is 376 g/mol. The third-order valence-corrected chi connectivity index (χ3v) is 5.09. The number of benzene rings is 2. The molecular formula is C22H27ClN2O3. The van der Waals surface area contributed by atoms with Gasteiger partial charge in [-0.05, 0) is 56.5 Å². The lowest BCUT2D eigenvalue weighted by Crippen LogP contribution is -2.49. The maximum atomic E-state index is 13.0. The minimum Gasteiger partial charge on any atom is -0.483 e. The highest BCUT2D eigenvalue weighted by Crippen LogP contribution is 2.22. The van der Waals surface area contributed by atoms with Crippen molar-refractivity contribution in [1.29, 1.82) is 0 Å². The molecule has 0 fully saturated rings. The molecule has 1 N–H and O–H groups in total. The van der Waals surface area contributed by atoms with Gasteiger partial charge < -0.3 is 15.0 Å². The van der Waals surface area contributed by atoms with Crippen LogP contribution in [0.25, 0.3) is 0 Å². The van der Waals surface area contributed by atoms with E-state index in [4.69, 9.17) is 16.3 Å². The van der Waals surface area contributed by atoms with Crippen LogP contribution in [0.15, 0.2) is 42.5 Å². The Labute approximate surface area is 171 Å². The molecule has 0 aliphatic heterocycles. The van der Waals surface area contributed by atoms with Crippen molar-refractivity contribution in [3.05, 3.63) is 64.2 Å². The first-order chi connectivity index (χ1) is 13.3. The van der Waals surface area contributed by atoms with Gasteiger partial charge in [-0.25, -0.2) is 0 Å². The van der Waals surface area contributed by atoms with Crippen molar-refractivity contribution in [2.75, 3.05) is 13.2 Å². The molecule has 1 atom stereocenters. The van der Waals surface area contributed by atoms with Crippen LogP contribution in [0.2, 0.25) is 5.02 Å². The molecule has 0 spiro atoms. The number of hydrogen-bond acceptors (Lipinski definition) is 3. The SMILES string of the molecule is CCNC(=O)[C@@H](C)N(Cc1ccccc1Cl)C(=O)COc1cccc(C)c1C. The van der Waals surface area contributed by atoms with Crippen molar-refractivity contribution in [2.24, 2.45) is 0 Å². The number of amides is 2. The predicted molar refractivity (Wildman–Crippen MR) is 112 cm³/mol. The van der Waals surface area contributed by atoms with Crippen LogP contribution >= 0.6 is 11.6 Å². The van der Waals surface area contributed by atoms with E-state index in [1.807, 2.05) is 57.2 Å². The summed E-state index contributed by atoms with van der Waals surface area (Å²) in [6, 6.07) is 12.4. The molecule has 0 saturated heterocycles. The van der Waals surface area contributed by atoms with Gasteiger partial charge in [0.15, 0.2) is 6.61 Å². The first kappa shape index (κ1) is 21.8. The lowest BCUT2D eigenvalue weighted by atomic mass is 10.1. The second kappa shape index (κ2) is 10.1. The lowest BCUT2D eigenvalue weighted by molar-refractivity contribution is -0.142. The van der Waals surface area contributed by atoms with Gasteiger partial charge in [-0.1, -0.05) is 41.9 Å². The van der Waals surface area contributed by atoms with Crippen LogP contribution < -0.4 is 10.1 Å². The van der Waals surface area contributed by atoms with Gasteiger partial charge in [-0.15, -0.1) is 0 Å². The van der Waals surface area contributed by atoms with E-state index in [0.717, 1.165) is 16.7 Å². The van der Waals surface area contributed by atoms with Gasteiger partial charge in [0.05, 0.1) is 0 Å². The van der Waals surface area contributed by atoms with E-state index in [1.54, 1.807) is 13.0 Å². The summed E-state index contributed by atoms with van der Waals surface area (Å²) in [7, 11) is 0. The number of nitrogens with one attached hydrogen (secondary N) is 1. The van der Waals surface area contributed by atoms with E-state index >= 15 is 0 Å². The van der Waals surface area contributed by atoms with E-state index in [0.29, 0.717) is 17.3 Å². The second-order valence-electron chi connectivity index (χ2n) is 6.67. The summed E-state index contributed by atoms with van der Waals surface area (Å²) >= 11 is 6.26. The van der Waals surface area contributed by atoms with E-state index in [-0.39, 0.29) is 25.0 Å². The Hall–Kier alpha value is -2.53. The van der Waals surface area contributed by atoms with Crippen molar-refractivity contribution in [3.63, 3.8) is 0 Å². The van der Waals surface area contributed by atoms with Gasteiger partial charge in [0, 0.05) is 18.1 Å². The van der Waals surface area contributed by atoms with Crippen molar-refractivity contribution < 1.29 is 14.3 Å². The summed E-state index contributed by atoms with van der Waals surface area (Å²) in [6.45, 7) is 8.06. The topological polar surface area (TPSA) is 58.6 Å². The molecule has 0 radical (unpaired) electrons. The monoisotopic (exact) mass is 402 g/mol. The highest BCUT2D eigenvalue weighted by atomic mass is 35.5. The van der Waals surface area contributed by atoms with Gasteiger partial charge >= 0.3 is 0 Å². The number of likely N-dealkylation sites (N-methyl/N-ethyl adjacent to an activating group) is 1. The standard InChI is InChI=1S/C22H27ClN2O3/c1-5-24-22(27)17(4)25(13-18-10-6-7-11-19(18)23)21(26)14-28-20-12-8-9-15(2)16(20)3/h6-12,17H,5,13-14H2,1-4H3,(H,24,27)/t17-/m1/s1. The molecule has 0 aliphatic rings. The average molecular weight is 403 g/mol. The molecule has 0 aliphatic carbocycles. The number of carbonyl (C=O) groups is 2. The number of hydrogen-bond donors (Lipinski definition) is 1. The zero-order valence-electron chi connectivity index (χ0n) is 16.8. The van der Waals surface area contributed by atoms with Crippen LogP contribution in [-0.2, 0) is 16.1 Å². The molecule has 0 saturated carbocycles. The highest BCUT2D eigenvalue weighted by molar-refractivity contribution is 6.31. The number of rotatable bonds is 8. The summed E-state index contributed by atoms with van der Waals surface area (Å²) in [5.74, 6) is 0.172. The average Bonchev–Trinajstić information content (AvgIpc) is 2.68. The largest absolute Gasteiger partial charge is 0.483 e. The number of carbonyl (C=O) groups excluding carboxylic acids is 2.